The molecule has 2 N–H and O–H groups in total. The van der Waals surface area contributed by atoms with Crippen molar-refractivity contribution in [3.05, 3.63) is 0 Å². The summed E-state index contributed by atoms with van der Waals surface area (Å²) in [5, 5.41) is 13.7. The van der Waals surface area contributed by atoms with E-state index in [0.717, 1.165) is 25.7 Å². The van der Waals surface area contributed by atoms with E-state index in [1.807, 2.05) is 0 Å². The SMILES string of the molecule is COCC(O)CN1CCC(NC2CCCCCC2)CC1. The normalized spacial score (nSPS) is 25.5. The van der Waals surface area contributed by atoms with Gasteiger partial charge in [-0.3, -0.25) is 0 Å². The lowest BCUT2D eigenvalue weighted by atomic mass is 10.0. The Morgan fingerprint density at radius 3 is 2.25 bits per heavy atom. The van der Waals surface area contributed by atoms with Crippen LogP contribution >= 0.6 is 0 Å². The van der Waals surface area contributed by atoms with Crippen LogP contribution in [0.1, 0.15) is 51.4 Å². The molecule has 0 aromatic rings. The summed E-state index contributed by atoms with van der Waals surface area (Å²) in [4.78, 5) is 2.37. The van der Waals surface area contributed by atoms with Gasteiger partial charge in [0.25, 0.3) is 0 Å². The van der Waals surface area contributed by atoms with Gasteiger partial charge >= 0.3 is 0 Å². The molecule has 4 heteroatoms. The minimum absolute atomic E-state index is 0.341. The number of rotatable bonds is 6. The summed E-state index contributed by atoms with van der Waals surface area (Å²) >= 11 is 0. The molecule has 0 spiro atoms. The molecular formula is C16H32N2O2. The first kappa shape index (κ1) is 16.2. The summed E-state index contributed by atoms with van der Waals surface area (Å²) < 4.78 is 4.99. The van der Waals surface area contributed by atoms with E-state index in [1.54, 1.807) is 7.11 Å². The van der Waals surface area contributed by atoms with Crippen LogP contribution < -0.4 is 5.32 Å². The molecule has 1 unspecified atom stereocenters. The van der Waals surface area contributed by atoms with Gasteiger partial charge in [0.05, 0.1) is 12.7 Å². The number of likely N-dealkylation sites (tertiary alicyclic amines) is 1. The average molecular weight is 284 g/mol. The molecule has 0 aromatic carbocycles. The fraction of sp³-hybridized carbons (Fsp3) is 1.00. The van der Waals surface area contributed by atoms with E-state index in [2.05, 4.69) is 10.2 Å². The summed E-state index contributed by atoms with van der Waals surface area (Å²) in [6.45, 7) is 3.40. The van der Waals surface area contributed by atoms with Crippen molar-refractivity contribution in [2.45, 2.75) is 69.6 Å². The molecular weight excluding hydrogens is 252 g/mol. The maximum Gasteiger partial charge on any atom is 0.0900 e. The standard InChI is InChI=1S/C16H32N2O2/c1-20-13-16(19)12-18-10-8-15(9-11-18)17-14-6-4-2-3-5-7-14/h14-17,19H,2-13H2,1H3. The van der Waals surface area contributed by atoms with Crippen molar-refractivity contribution in [1.82, 2.24) is 10.2 Å². The van der Waals surface area contributed by atoms with Gasteiger partial charge in [-0.1, -0.05) is 25.7 Å². The number of hydrogen-bond acceptors (Lipinski definition) is 4. The number of β-amino-alcohol motifs (C(OH)–C–C–N with tert-alkyl or cyclic N) is 1. The maximum absolute atomic E-state index is 9.78. The second kappa shape index (κ2) is 8.98. The Labute approximate surface area is 123 Å². The summed E-state index contributed by atoms with van der Waals surface area (Å²) in [5.74, 6) is 0. The van der Waals surface area contributed by atoms with Crippen LogP contribution in [0.15, 0.2) is 0 Å². The molecule has 1 aliphatic carbocycles. The fourth-order valence-corrected chi connectivity index (χ4v) is 3.60. The number of piperidine rings is 1. The number of nitrogens with one attached hydrogen (secondary N) is 1. The van der Waals surface area contributed by atoms with Gasteiger partial charge in [-0.2, -0.15) is 0 Å². The number of ether oxygens (including phenoxy) is 1. The van der Waals surface area contributed by atoms with Crippen LogP contribution in [0.2, 0.25) is 0 Å². The number of nitrogens with zero attached hydrogens (tertiary/aromatic N) is 1. The minimum Gasteiger partial charge on any atom is -0.389 e. The molecule has 2 fully saturated rings. The lowest BCUT2D eigenvalue weighted by Crippen LogP contribution is -2.48. The minimum atomic E-state index is -0.341. The summed E-state index contributed by atoms with van der Waals surface area (Å²) in [5.41, 5.74) is 0. The molecule has 0 aromatic heterocycles. The van der Waals surface area contributed by atoms with Crippen LogP contribution in [0.4, 0.5) is 0 Å². The third kappa shape index (κ3) is 5.68. The molecule has 1 saturated heterocycles. The Kier molecular flexibility index (Phi) is 7.28. The van der Waals surface area contributed by atoms with Crippen LogP contribution in [0.25, 0.3) is 0 Å². The van der Waals surface area contributed by atoms with E-state index in [-0.39, 0.29) is 6.10 Å². The van der Waals surface area contributed by atoms with E-state index in [9.17, 15) is 5.11 Å². The molecule has 20 heavy (non-hydrogen) atoms. The van der Waals surface area contributed by atoms with Gasteiger partial charge in [-0.15, -0.1) is 0 Å². The molecule has 0 bridgehead atoms. The van der Waals surface area contributed by atoms with Crippen molar-refractivity contribution < 1.29 is 9.84 Å². The zero-order valence-electron chi connectivity index (χ0n) is 13.0. The monoisotopic (exact) mass is 284 g/mol. The number of methoxy groups -OCH3 is 1. The van der Waals surface area contributed by atoms with Gasteiger partial charge in [0, 0.05) is 25.7 Å². The van der Waals surface area contributed by atoms with Crippen molar-refractivity contribution in [2.75, 3.05) is 33.4 Å². The van der Waals surface area contributed by atoms with Crippen LogP contribution in [-0.4, -0.2) is 61.5 Å². The molecule has 1 heterocycles. The number of hydrogen-bond donors (Lipinski definition) is 2. The van der Waals surface area contributed by atoms with Gasteiger partial charge in [0.2, 0.25) is 0 Å². The van der Waals surface area contributed by atoms with E-state index in [4.69, 9.17) is 4.74 Å². The Morgan fingerprint density at radius 2 is 1.65 bits per heavy atom. The van der Waals surface area contributed by atoms with Crippen LogP contribution in [0.3, 0.4) is 0 Å². The van der Waals surface area contributed by atoms with Gasteiger partial charge in [-0.25, -0.2) is 0 Å². The van der Waals surface area contributed by atoms with Gasteiger partial charge in [0.1, 0.15) is 0 Å². The van der Waals surface area contributed by atoms with Crippen molar-refractivity contribution in [3.63, 3.8) is 0 Å². The lowest BCUT2D eigenvalue weighted by Gasteiger charge is -2.35. The molecule has 0 radical (unpaired) electrons. The van der Waals surface area contributed by atoms with Crippen molar-refractivity contribution in [3.8, 4) is 0 Å². The molecule has 0 amide bonds. The topological polar surface area (TPSA) is 44.7 Å². The van der Waals surface area contributed by atoms with E-state index < -0.39 is 0 Å². The Bertz CT molecular complexity index is 247. The average Bonchev–Trinajstić information content (AvgIpc) is 2.70. The predicted molar refractivity (Wildman–Crippen MR) is 82.0 cm³/mol. The van der Waals surface area contributed by atoms with Gasteiger partial charge in [-0.05, 0) is 38.8 Å². The quantitative estimate of drug-likeness (QED) is 0.730. The smallest absolute Gasteiger partial charge is 0.0900 e. The molecule has 1 aliphatic heterocycles. The molecule has 1 atom stereocenters. The van der Waals surface area contributed by atoms with E-state index in [1.165, 1.54) is 51.4 Å². The van der Waals surface area contributed by atoms with Crippen LogP contribution in [0, 0.1) is 0 Å². The molecule has 1 saturated carbocycles. The molecule has 4 nitrogen and oxygen atoms in total. The summed E-state index contributed by atoms with van der Waals surface area (Å²) in [6, 6.07) is 1.45. The van der Waals surface area contributed by atoms with Crippen LogP contribution in [0.5, 0.6) is 0 Å². The third-order valence-corrected chi connectivity index (χ3v) is 4.74. The number of aliphatic hydroxyl groups is 1. The molecule has 2 rings (SSSR count). The highest BCUT2D eigenvalue weighted by molar-refractivity contribution is 4.82. The highest BCUT2D eigenvalue weighted by atomic mass is 16.5. The first-order valence-electron chi connectivity index (χ1n) is 8.43. The highest BCUT2D eigenvalue weighted by Crippen LogP contribution is 2.19. The Morgan fingerprint density at radius 1 is 1.05 bits per heavy atom. The predicted octanol–water partition coefficient (Wildman–Crippen LogP) is 1.77. The van der Waals surface area contributed by atoms with Crippen molar-refractivity contribution >= 4 is 0 Å². The second-order valence-corrected chi connectivity index (χ2v) is 6.54. The zero-order chi connectivity index (χ0) is 14.2. The van der Waals surface area contributed by atoms with Crippen LogP contribution in [-0.2, 0) is 4.74 Å². The maximum atomic E-state index is 9.78. The highest BCUT2D eigenvalue weighted by Gasteiger charge is 2.23. The zero-order valence-corrected chi connectivity index (χ0v) is 13.0. The lowest BCUT2D eigenvalue weighted by molar-refractivity contribution is 0.0306. The largest absolute Gasteiger partial charge is 0.389 e. The third-order valence-electron chi connectivity index (χ3n) is 4.74. The number of aliphatic hydroxyl groups excluding tert-OH is 1. The summed E-state index contributed by atoms with van der Waals surface area (Å²) in [6.07, 6.45) is 10.5. The molecule has 118 valence electrons. The van der Waals surface area contributed by atoms with E-state index in [0.29, 0.717) is 12.6 Å². The van der Waals surface area contributed by atoms with Crippen molar-refractivity contribution in [1.29, 1.82) is 0 Å². The first-order valence-corrected chi connectivity index (χ1v) is 8.43. The van der Waals surface area contributed by atoms with Crippen molar-refractivity contribution in [2.24, 2.45) is 0 Å². The van der Waals surface area contributed by atoms with Gasteiger partial charge in [0.15, 0.2) is 0 Å². The fourth-order valence-electron chi connectivity index (χ4n) is 3.60. The Hall–Kier alpha value is -0.160. The van der Waals surface area contributed by atoms with E-state index >= 15 is 0 Å². The first-order chi connectivity index (χ1) is 9.78. The summed E-state index contributed by atoms with van der Waals surface area (Å²) in [7, 11) is 1.64. The second-order valence-electron chi connectivity index (χ2n) is 6.54. The molecule has 2 aliphatic rings. The van der Waals surface area contributed by atoms with Gasteiger partial charge < -0.3 is 20.1 Å². The Balaban J connectivity index is 1.63.